The summed E-state index contributed by atoms with van der Waals surface area (Å²) in [5, 5.41) is 11.2. The predicted molar refractivity (Wildman–Crippen MR) is 53.9 cm³/mol. The number of rotatable bonds is 4. The van der Waals surface area contributed by atoms with Gasteiger partial charge in [0, 0.05) is 6.42 Å². The standard InChI is InChI=1S/C10H19NO3/c1-5-7(9(13)14)11-8(12)6-10(2,3)4/h7H,5-6H2,1-4H3,(H,11,12)(H,13,14). The first-order valence-electron chi connectivity index (χ1n) is 4.78. The molecule has 0 fully saturated rings. The molecule has 0 aliphatic rings. The summed E-state index contributed by atoms with van der Waals surface area (Å²) in [6.07, 6.45) is 0.752. The molecule has 0 aliphatic heterocycles. The number of hydrogen-bond acceptors (Lipinski definition) is 2. The van der Waals surface area contributed by atoms with E-state index in [-0.39, 0.29) is 11.3 Å². The highest BCUT2D eigenvalue weighted by molar-refractivity contribution is 5.83. The molecule has 0 aromatic rings. The summed E-state index contributed by atoms with van der Waals surface area (Å²) in [5.41, 5.74) is -0.110. The van der Waals surface area contributed by atoms with Crippen LogP contribution >= 0.6 is 0 Å². The minimum Gasteiger partial charge on any atom is -0.480 e. The maximum atomic E-state index is 11.4. The molecule has 0 radical (unpaired) electrons. The zero-order valence-electron chi connectivity index (χ0n) is 9.26. The first kappa shape index (κ1) is 12.9. The summed E-state index contributed by atoms with van der Waals surface area (Å²) < 4.78 is 0. The van der Waals surface area contributed by atoms with E-state index >= 15 is 0 Å². The number of carbonyl (C=O) groups excluding carboxylic acids is 1. The molecule has 0 rings (SSSR count). The first-order chi connectivity index (χ1) is 6.26. The van der Waals surface area contributed by atoms with Crippen molar-refractivity contribution >= 4 is 11.9 Å². The van der Waals surface area contributed by atoms with Gasteiger partial charge in [-0.3, -0.25) is 4.79 Å². The lowest BCUT2D eigenvalue weighted by atomic mass is 9.92. The van der Waals surface area contributed by atoms with Crippen molar-refractivity contribution in [3.05, 3.63) is 0 Å². The highest BCUT2D eigenvalue weighted by atomic mass is 16.4. The molecule has 0 bridgehead atoms. The van der Waals surface area contributed by atoms with Gasteiger partial charge in [0.15, 0.2) is 0 Å². The fourth-order valence-corrected chi connectivity index (χ4v) is 1.07. The Kier molecular flexibility index (Phi) is 4.60. The van der Waals surface area contributed by atoms with Crippen molar-refractivity contribution < 1.29 is 14.7 Å². The van der Waals surface area contributed by atoms with Crippen LogP contribution in [0.15, 0.2) is 0 Å². The zero-order valence-corrected chi connectivity index (χ0v) is 9.26. The zero-order chi connectivity index (χ0) is 11.4. The Bertz CT molecular complexity index is 218. The van der Waals surface area contributed by atoms with Crippen LogP contribution in [0.5, 0.6) is 0 Å². The number of amides is 1. The summed E-state index contributed by atoms with van der Waals surface area (Å²) in [4.78, 5) is 22.0. The second-order valence-electron chi connectivity index (χ2n) is 4.60. The van der Waals surface area contributed by atoms with Gasteiger partial charge >= 0.3 is 5.97 Å². The van der Waals surface area contributed by atoms with Crippen molar-refractivity contribution in [1.82, 2.24) is 5.32 Å². The van der Waals surface area contributed by atoms with Gasteiger partial charge in [0.25, 0.3) is 0 Å². The summed E-state index contributed by atoms with van der Waals surface area (Å²) in [5.74, 6) is -1.18. The highest BCUT2D eigenvalue weighted by Gasteiger charge is 2.21. The fraction of sp³-hybridized carbons (Fsp3) is 0.800. The maximum absolute atomic E-state index is 11.4. The maximum Gasteiger partial charge on any atom is 0.326 e. The number of carbonyl (C=O) groups is 2. The molecular weight excluding hydrogens is 182 g/mol. The van der Waals surface area contributed by atoms with Crippen LogP contribution < -0.4 is 5.32 Å². The summed E-state index contributed by atoms with van der Waals surface area (Å²) in [6, 6.07) is -0.759. The molecule has 0 heterocycles. The van der Waals surface area contributed by atoms with Crippen molar-refractivity contribution in [1.29, 1.82) is 0 Å². The van der Waals surface area contributed by atoms with E-state index in [1.165, 1.54) is 0 Å². The smallest absolute Gasteiger partial charge is 0.326 e. The lowest BCUT2D eigenvalue weighted by Gasteiger charge is -2.19. The average Bonchev–Trinajstić information content (AvgIpc) is 1.96. The first-order valence-corrected chi connectivity index (χ1v) is 4.78. The lowest BCUT2D eigenvalue weighted by molar-refractivity contribution is -0.142. The van der Waals surface area contributed by atoms with Crippen molar-refractivity contribution in [3.63, 3.8) is 0 Å². The monoisotopic (exact) mass is 201 g/mol. The predicted octanol–water partition coefficient (Wildman–Crippen LogP) is 1.40. The normalized spacial score (nSPS) is 13.4. The molecule has 0 spiro atoms. The third-order valence-electron chi connectivity index (χ3n) is 1.73. The van der Waals surface area contributed by atoms with Crippen LogP contribution in [-0.2, 0) is 9.59 Å². The quantitative estimate of drug-likeness (QED) is 0.722. The van der Waals surface area contributed by atoms with Crippen molar-refractivity contribution in [2.45, 2.75) is 46.6 Å². The Labute approximate surface area is 84.7 Å². The molecule has 2 N–H and O–H groups in total. The van der Waals surface area contributed by atoms with E-state index in [1.54, 1.807) is 6.92 Å². The molecule has 4 nitrogen and oxygen atoms in total. The minimum atomic E-state index is -0.977. The number of hydrogen-bond donors (Lipinski definition) is 2. The van der Waals surface area contributed by atoms with Gasteiger partial charge < -0.3 is 10.4 Å². The number of aliphatic carboxylic acids is 1. The van der Waals surface area contributed by atoms with Crippen LogP contribution in [0.3, 0.4) is 0 Å². The van der Waals surface area contributed by atoms with Gasteiger partial charge in [0.1, 0.15) is 6.04 Å². The molecule has 0 aromatic heterocycles. The second kappa shape index (κ2) is 4.98. The Morgan fingerprint density at radius 3 is 2.14 bits per heavy atom. The molecule has 0 saturated heterocycles. The Hall–Kier alpha value is -1.06. The fourth-order valence-electron chi connectivity index (χ4n) is 1.07. The van der Waals surface area contributed by atoms with E-state index in [1.807, 2.05) is 20.8 Å². The molecule has 4 heteroatoms. The molecule has 0 aliphatic carbocycles. The molecule has 0 aromatic carbocycles. The van der Waals surface area contributed by atoms with Gasteiger partial charge in [-0.25, -0.2) is 4.79 Å². The van der Waals surface area contributed by atoms with E-state index in [0.29, 0.717) is 12.8 Å². The van der Waals surface area contributed by atoms with Crippen LogP contribution in [0.2, 0.25) is 0 Å². The average molecular weight is 201 g/mol. The molecular formula is C10H19NO3. The SMILES string of the molecule is CCC(NC(=O)CC(C)(C)C)C(=O)O. The second-order valence-corrected chi connectivity index (χ2v) is 4.60. The molecule has 1 unspecified atom stereocenters. The molecule has 82 valence electrons. The van der Waals surface area contributed by atoms with Gasteiger partial charge in [-0.05, 0) is 11.8 Å². The molecule has 1 amide bonds. The van der Waals surface area contributed by atoms with Gasteiger partial charge in [-0.2, -0.15) is 0 Å². The van der Waals surface area contributed by atoms with Crippen molar-refractivity contribution in [2.75, 3.05) is 0 Å². The number of carboxylic acid groups (broad SMARTS) is 1. The summed E-state index contributed by atoms with van der Waals surface area (Å²) in [6.45, 7) is 7.55. The van der Waals surface area contributed by atoms with Gasteiger partial charge in [0.2, 0.25) is 5.91 Å². The lowest BCUT2D eigenvalue weighted by Crippen LogP contribution is -2.41. The Morgan fingerprint density at radius 1 is 1.36 bits per heavy atom. The Morgan fingerprint density at radius 2 is 1.86 bits per heavy atom. The van der Waals surface area contributed by atoms with Crippen LogP contribution in [0.1, 0.15) is 40.5 Å². The van der Waals surface area contributed by atoms with E-state index in [9.17, 15) is 9.59 Å². The topological polar surface area (TPSA) is 66.4 Å². The Balaban J connectivity index is 4.11. The van der Waals surface area contributed by atoms with E-state index < -0.39 is 12.0 Å². The van der Waals surface area contributed by atoms with E-state index in [2.05, 4.69) is 5.32 Å². The third kappa shape index (κ3) is 5.56. The number of nitrogens with one attached hydrogen (secondary N) is 1. The molecule has 1 atom stereocenters. The van der Waals surface area contributed by atoms with Crippen molar-refractivity contribution in [3.8, 4) is 0 Å². The van der Waals surface area contributed by atoms with Crippen LogP contribution in [0.25, 0.3) is 0 Å². The number of carboxylic acids is 1. The summed E-state index contributed by atoms with van der Waals surface area (Å²) in [7, 11) is 0. The molecule has 14 heavy (non-hydrogen) atoms. The largest absolute Gasteiger partial charge is 0.480 e. The van der Waals surface area contributed by atoms with E-state index in [0.717, 1.165) is 0 Å². The molecule has 0 saturated carbocycles. The van der Waals surface area contributed by atoms with Crippen LogP contribution in [-0.4, -0.2) is 23.0 Å². The minimum absolute atomic E-state index is 0.110. The highest BCUT2D eigenvalue weighted by Crippen LogP contribution is 2.17. The van der Waals surface area contributed by atoms with Crippen LogP contribution in [0, 0.1) is 5.41 Å². The summed E-state index contributed by atoms with van der Waals surface area (Å²) >= 11 is 0. The van der Waals surface area contributed by atoms with Gasteiger partial charge in [-0.1, -0.05) is 27.7 Å². The van der Waals surface area contributed by atoms with Crippen molar-refractivity contribution in [2.24, 2.45) is 5.41 Å². The van der Waals surface area contributed by atoms with Gasteiger partial charge in [0.05, 0.1) is 0 Å². The third-order valence-corrected chi connectivity index (χ3v) is 1.73. The van der Waals surface area contributed by atoms with E-state index in [4.69, 9.17) is 5.11 Å². The van der Waals surface area contributed by atoms with Crippen LogP contribution in [0.4, 0.5) is 0 Å². The van der Waals surface area contributed by atoms with Gasteiger partial charge in [-0.15, -0.1) is 0 Å².